The van der Waals surface area contributed by atoms with Gasteiger partial charge in [-0.3, -0.25) is 19.3 Å². The molecule has 1 aliphatic heterocycles. The number of nitrogens with one attached hydrogen (secondary N) is 2. The van der Waals surface area contributed by atoms with Crippen LogP contribution in [0.2, 0.25) is 0 Å². The summed E-state index contributed by atoms with van der Waals surface area (Å²) in [5, 5.41) is 5.89. The summed E-state index contributed by atoms with van der Waals surface area (Å²) in [6, 6.07) is 17.7. The molecule has 2 heterocycles. The summed E-state index contributed by atoms with van der Waals surface area (Å²) in [6.45, 7) is 4.26. The molecule has 1 aliphatic rings. The van der Waals surface area contributed by atoms with Crippen molar-refractivity contribution in [1.82, 2.24) is 4.90 Å². The molecule has 3 aromatic rings. The molecule has 0 fully saturated rings. The second-order valence-corrected chi connectivity index (χ2v) is 10.0. The number of thioether (sulfide) groups is 1. The highest BCUT2D eigenvalue weighted by Crippen LogP contribution is 2.36. The van der Waals surface area contributed by atoms with E-state index in [-0.39, 0.29) is 35.1 Å². The van der Waals surface area contributed by atoms with Crippen molar-refractivity contribution < 1.29 is 18.8 Å². The monoisotopic (exact) mass is 539 g/mol. The molecule has 1 aromatic heterocycles. The van der Waals surface area contributed by atoms with Gasteiger partial charge in [-0.15, -0.1) is 0 Å². The van der Waals surface area contributed by atoms with Crippen LogP contribution in [0.25, 0.3) is 0 Å². The first-order valence-electron chi connectivity index (χ1n) is 10.6. The molecule has 0 saturated carbocycles. The molecule has 2 N–H and O–H groups in total. The van der Waals surface area contributed by atoms with Gasteiger partial charge in [0.2, 0.25) is 0 Å². The Hall–Kier alpha value is -3.30. The van der Waals surface area contributed by atoms with E-state index >= 15 is 0 Å². The van der Waals surface area contributed by atoms with Gasteiger partial charge in [-0.1, -0.05) is 41.5 Å². The molecule has 4 rings (SSSR count). The van der Waals surface area contributed by atoms with E-state index in [2.05, 4.69) is 26.6 Å². The molecule has 7 nitrogen and oxygen atoms in total. The third-order valence-corrected chi connectivity index (χ3v) is 6.48. The fourth-order valence-electron chi connectivity index (χ4n) is 3.29. The largest absolute Gasteiger partial charge is 0.459 e. The summed E-state index contributed by atoms with van der Waals surface area (Å²) >= 11 is 4.61. The SMILES string of the molecule is CC(C)CN1C(=O)C(Nc2ccc(Br)cc2)=C(Sc2ccc(NC(=O)c3ccco3)cc2)C1=O. The van der Waals surface area contributed by atoms with E-state index < -0.39 is 0 Å². The Kier molecular flexibility index (Phi) is 7.23. The highest BCUT2D eigenvalue weighted by molar-refractivity contribution is 9.10. The van der Waals surface area contributed by atoms with E-state index in [1.807, 2.05) is 38.1 Å². The first-order valence-corrected chi connectivity index (χ1v) is 12.2. The Balaban J connectivity index is 1.56. The zero-order chi connectivity index (χ0) is 24.2. The van der Waals surface area contributed by atoms with Crippen LogP contribution in [0, 0.1) is 5.92 Å². The van der Waals surface area contributed by atoms with E-state index in [4.69, 9.17) is 4.42 Å². The molecule has 0 spiro atoms. The molecule has 3 amide bonds. The number of carbonyl (C=O) groups excluding carboxylic acids is 3. The van der Waals surface area contributed by atoms with Crippen molar-refractivity contribution in [3.63, 3.8) is 0 Å². The highest BCUT2D eigenvalue weighted by Gasteiger charge is 2.39. The van der Waals surface area contributed by atoms with Crippen LogP contribution in [0.5, 0.6) is 0 Å². The minimum atomic E-state index is -0.352. The Morgan fingerprint density at radius 1 is 1.00 bits per heavy atom. The van der Waals surface area contributed by atoms with Crippen molar-refractivity contribution in [1.29, 1.82) is 0 Å². The van der Waals surface area contributed by atoms with E-state index in [9.17, 15) is 14.4 Å². The van der Waals surface area contributed by atoms with Crippen molar-refractivity contribution in [3.05, 3.63) is 87.8 Å². The van der Waals surface area contributed by atoms with Gasteiger partial charge in [-0.2, -0.15) is 0 Å². The zero-order valence-corrected chi connectivity index (χ0v) is 20.9. The summed E-state index contributed by atoms with van der Waals surface area (Å²) in [5.41, 5.74) is 1.55. The molecule has 0 radical (unpaired) electrons. The van der Waals surface area contributed by atoms with Crippen molar-refractivity contribution in [2.75, 3.05) is 17.2 Å². The standard InChI is InChI=1S/C25H22BrN3O4S/c1-15(2)14-29-24(31)21(27-17-7-5-16(26)6-8-17)22(25(29)32)34-19-11-9-18(10-12-19)28-23(30)20-4-3-13-33-20/h3-13,15,27H,14H2,1-2H3,(H,28,30). The third kappa shape index (κ3) is 5.43. The van der Waals surface area contributed by atoms with Gasteiger partial charge in [0.15, 0.2) is 5.76 Å². The number of rotatable bonds is 8. The molecule has 0 saturated heterocycles. The van der Waals surface area contributed by atoms with Crippen LogP contribution in [-0.2, 0) is 9.59 Å². The number of amides is 3. The summed E-state index contributed by atoms with van der Waals surface area (Å²) in [5.74, 6) is -0.657. The van der Waals surface area contributed by atoms with Crippen LogP contribution in [0.3, 0.4) is 0 Å². The number of halogens is 1. The molecule has 9 heteroatoms. The number of nitrogens with zero attached hydrogens (tertiary/aromatic N) is 1. The van der Waals surface area contributed by atoms with E-state index in [0.717, 1.165) is 9.37 Å². The fraction of sp³-hybridized carbons (Fsp3) is 0.160. The topological polar surface area (TPSA) is 91.7 Å². The minimum Gasteiger partial charge on any atom is -0.459 e. The summed E-state index contributed by atoms with van der Waals surface area (Å²) in [7, 11) is 0. The van der Waals surface area contributed by atoms with Gasteiger partial charge in [0, 0.05) is 27.3 Å². The lowest BCUT2D eigenvalue weighted by atomic mass is 10.2. The molecule has 174 valence electrons. The maximum Gasteiger partial charge on any atom is 0.291 e. The van der Waals surface area contributed by atoms with Gasteiger partial charge >= 0.3 is 0 Å². The maximum absolute atomic E-state index is 13.2. The summed E-state index contributed by atoms with van der Waals surface area (Å²) in [6.07, 6.45) is 1.44. The lowest BCUT2D eigenvalue weighted by Crippen LogP contribution is -2.35. The second-order valence-electron chi connectivity index (χ2n) is 8.01. The third-order valence-electron chi connectivity index (χ3n) is 4.86. The molecular formula is C25H22BrN3O4S. The van der Waals surface area contributed by atoms with Gasteiger partial charge in [0.05, 0.1) is 6.26 Å². The molecule has 0 aliphatic carbocycles. The van der Waals surface area contributed by atoms with Crippen molar-refractivity contribution in [2.24, 2.45) is 5.92 Å². The number of carbonyl (C=O) groups is 3. The Labute approximate surface area is 209 Å². The highest BCUT2D eigenvalue weighted by atomic mass is 79.9. The maximum atomic E-state index is 13.2. The van der Waals surface area contributed by atoms with Gasteiger partial charge in [-0.25, -0.2) is 0 Å². The summed E-state index contributed by atoms with van der Waals surface area (Å²) in [4.78, 5) is 40.8. The van der Waals surface area contributed by atoms with Crippen LogP contribution in [0.15, 0.2) is 91.3 Å². The van der Waals surface area contributed by atoms with Crippen LogP contribution in [0.1, 0.15) is 24.4 Å². The smallest absolute Gasteiger partial charge is 0.291 e. The lowest BCUT2D eigenvalue weighted by molar-refractivity contribution is -0.137. The van der Waals surface area contributed by atoms with E-state index in [1.165, 1.54) is 22.9 Å². The number of hydrogen-bond donors (Lipinski definition) is 2. The number of anilines is 2. The Morgan fingerprint density at radius 3 is 2.29 bits per heavy atom. The fourth-order valence-corrected chi connectivity index (χ4v) is 4.50. The Bertz CT molecular complexity index is 1240. The van der Waals surface area contributed by atoms with Gasteiger partial charge in [-0.05, 0) is 66.6 Å². The number of benzene rings is 2. The van der Waals surface area contributed by atoms with Gasteiger partial charge in [0.1, 0.15) is 10.6 Å². The average Bonchev–Trinajstić information content (AvgIpc) is 3.42. The first-order chi connectivity index (χ1) is 16.3. The minimum absolute atomic E-state index is 0.142. The van der Waals surface area contributed by atoms with Crippen molar-refractivity contribution in [3.8, 4) is 0 Å². The zero-order valence-electron chi connectivity index (χ0n) is 18.5. The second kappa shape index (κ2) is 10.3. The number of furan rings is 1. The molecular weight excluding hydrogens is 518 g/mol. The molecule has 34 heavy (non-hydrogen) atoms. The van der Waals surface area contributed by atoms with Crippen LogP contribution in [-0.4, -0.2) is 29.2 Å². The van der Waals surface area contributed by atoms with Gasteiger partial charge < -0.3 is 15.1 Å². The van der Waals surface area contributed by atoms with Crippen LogP contribution < -0.4 is 10.6 Å². The first kappa shape index (κ1) is 23.8. The van der Waals surface area contributed by atoms with Crippen molar-refractivity contribution in [2.45, 2.75) is 18.7 Å². The molecule has 0 unspecified atom stereocenters. The lowest BCUT2D eigenvalue weighted by Gasteiger charge is -2.17. The predicted molar refractivity (Wildman–Crippen MR) is 135 cm³/mol. The quantitative estimate of drug-likeness (QED) is 0.355. The van der Waals surface area contributed by atoms with Crippen molar-refractivity contribution >= 4 is 56.8 Å². The number of hydrogen-bond acceptors (Lipinski definition) is 6. The van der Waals surface area contributed by atoms with Crippen LogP contribution in [0.4, 0.5) is 11.4 Å². The predicted octanol–water partition coefficient (Wildman–Crippen LogP) is 5.74. The normalized spacial score (nSPS) is 13.7. The Morgan fingerprint density at radius 2 is 1.68 bits per heavy atom. The molecule has 0 atom stereocenters. The van der Waals surface area contributed by atoms with Crippen LogP contribution >= 0.6 is 27.7 Å². The van der Waals surface area contributed by atoms with E-state index in [1.54, 1.807) is 36.4 Å². The average molecular weight is 540 g/mol. The van der Waals surface area contributed by atoms with Gasteiger partial charge in [0.25, 0.3) is 17.7 Å². The number of imide groups is 1. The molecule has 2 aromatic carbocycles. The van der Waals surface area contributed by atoms with E-state index in [0.29, 0.717) is 22.8 Å². The summed E-state index contributed by atoms with van der Waals surface area (Å²) < 4.78 is 6.01. The molecule has 0 bridgehead atoms.